The van der Waals surface area contributed by atoms with Crippen molar-refractivity contribution in [3.63, 3.8) is 0 Å². The van der Waals surface area contributed by atoms with E-state index >= 15 is 0 Å². The number of sulfonamides is 1. The summed E-state index contributed by atoms with van der Waals surface area (Å²) in [6.07, 6.45) is 10.6. The molecule has 178 valence electrons. The Morgan fingerprint density at radius 1 is 0.938 bits per heavy atom. The van der Waals surface area contributed by atoms with Gasteiger partial charge in [-0.25, -0.2) is 13.1 Å². The van der Waals surface area contributed by atoms with Gasteiger partial charge in [0.1, 0.15) is 0 Å². The normalized spacial score (nSPS) is 44.9. The Balaban J connectivity index is 1.31. The summed E-state index contributed by atoms with van der Waals surface area (Å²) in [4.78, 5) is 0.363. The topological polar surface area (TPSA) is 66.4 Å². The van der Waals surface area contributed by atoms with Crippen LogP contribution >= 0.6 is 0 Å². The lowest BCUT2D eigenvalue weighted by atomic mass is 9.49. The van der Waals surface area contributed by atoms with E-state index < -0.39 is 15.6 Å². The Labute approximate surface area is 194 Å². The third kappa shape index (κ3) is 3.86. The smallest absolute Gasteiger partial charge is 0.240 e. The van der Waals surface area contributed by atoms with Gasteiger partial charge in [-0.1, -0.05) is 25.1 Å². The molecule has 0 heterocycles. The maximum atomic E-state index is 13.0. The van der Waals surface area contributed by atoms with Crippen LogP contribution in [0.4, 0.5) is 0 Å². The molecule has 5 rings (SSSR count). The highest BCUT2D eigenvalue weighted by Crippen LogP contribution is 2.65. The van der Waals surface area contributed by atoms with Crippen LogP contribution in [0.3, 0.4) is 0 Å². The van der Waals surface area contributed by atoms with E-state index in [2.05, 4.69) is 18.6 Å². The quantitative estimate of drug-likeness (QED) is 0.636. The maximum absolute atomic E-state index is 13.0. The molecule has 0 bridgehead atoms. The number of aliphatic hydroxyl groups is 1. The van der Waals surface area contributed by atoms with Gasteiger partial charge in [-0.2, -0.15) is 0 Å². The van der Waals surface area contributed by atoms with E-state index in [0.29, 0.717) is 16.7 Å². The molecule has 1 aromatic rings. The largest absolute Gasteiger partial charge is 0.390 e. The summed E-state index contributed by atoms with van der Waals surface area (Å²) < 4.78 is 29.0. The molecule has 1 aromatic carbocycles. The number of fused-ring (bicyclic) bond motifs is 5. The zero-order chi connectivity index (χ0) is 22.7. The molecule has 0 radical (unpaired) electrons. The summed E-state index contributed by atoms with van der Waals surface area (Å²) in [5, 5.41) is 10.6. The molecule has 4 nitrogen and oxygen atoms in total. The minimum atomic E-state index is -3.49. The summed E-state index contributed by atoms with van der Waals surface area (Å²) in [6, 6.07) is 8.74. The molecule has 0 spiro atoms. The highest BCUT2D eigenvalue weighted by molar-refractivity contribution is 7.89. The van der Waals surface area contributed by atoms with Crippen LogP contribution in [0.1, 0.15) is 78.6 Å². The van der Waals surface area contributed by atoms with Gasteiger partial charge in [0, 0.05) is 6.04 Å². The molecular formula is C27H41NO3S. The summed E-state index contributed by atoms with van der Waals surface area (Å²) in [6.45, 7) is 6.59. The molecule has 5 heteroatoms. The maximum Gasteiger partial charge on any atom is 0.240 e. The number of benzene rings is 1. The molecule has 0 unspecified atom stereocenters. The third-order valence-electron chi connectivity index (χ3n) is 10.3. The molecule has 4 fully saturated rings. The first-order chi connectivity index (χ1) is 15.1. The zero-order valence-electron chi connectivity index (χ0n) is 20.0. The molecule has 0 aliphatic heterocycles. The molecule has 9 atom stereocenters. The summed E-state index contributed by atoms with van der Waals surface area (Å²) >= 11 is 0. The Bertz CT molecular complexity index is 929. The highest BCUT2D eigenvalue weighted by atomic mass is 32.2. The molecule has 4 saturated carbocycles. The lowest BCUT2D eigenvalue weighted by Crippen LogP contribution is -2.52. The molecule has 32 heavy (non-hydrogen) atoms. The van der Waals surface area contributed by atoms with Crippen LogP contribution < -0.4 is 4.72 Å². The van der Waals surface area contributed by atoms with Gasteiger partial charge in [0.2, 0.25) is 10.0 Å². The van der Waals surface area contributed by atoms with Crippen LogP contribution in [0.25, 0.3) is 0 Å². The van der Waals surface area contributed by atoms with Crippen LogP contribution in [-0.2, 0) is 10.0 Å². The Morgan fingerprint density at radius 3 is 2.41 bits per heavy atom. The fourth-order valence-electron chi connectivity index (χ4n) is 8.94. The average molecular weight is 460 g/mol. The lowest BCUT2D eigenvalue weighted by Gasteiger charge is -2.57. The van der Waals surface area contributed by atoms with Gasteiger partial charge in [-0.05, 0) is 125 Å². The average Bonchev–Trinajstić information content (AvgIpc) is 3.10. The Hall–Kier alpha value is -0.910. The SMILES string of the molecule is C[C@@H](NS(=O)(=O)c1ccccc1)[C@H]1CC[C@H]2[C@@H]3CC[C@@H]4C[C@](C)(O)CC[C@@H]4[C@H]3CC[C@]12C. The van der Waals surface area contributed by atoms with Gasteiger partial charge < -0.3 is 5.11 Å². The molecular weight excluding hydrogens is 418 g/mol. The second kappa shape index (κ2) is 8.09. The first-order valence-electron chi connectivity index (χ1n) is 12.9. The summed E-state index contributed by atoms with van der Waals surface area (Å²) in [5.74, 6) is 4.23. The molecule has 4 aliphatic rings. The van der Waals surface area contributed by atoms with Crippen molar-refractivity contribution in [3.05, 3.63) is 30.3 Å². The van der Waals surface area contributed by atoms with Crippen LogP contribution in [0.15, 0.2) is 35.2 Å². The lowest BCUT2D eigenvalue weighted by molar-refractivity contribution is -0.101. The first-order valence-corrected chi connectivity index (χ1v) is 14.4. The second-order valence-corrected chi connectivity index (χ2v) is 13.8. The van der Waals surface area contributed by atoms with E-state index in [9.17, 15) is 13.5 Å². The zero-order valence-corrected chi connectivity index (χ0v) is 20.8. The van der Waals surface area contributed by atoms with Gasteiger partial charge in [0.05, 0.1) is 10.5 Å². The van der Waals surface area contributed by atoms with Crippen molar-refractivity contribution in [1.29, 1.82) is 0 Å². The number of hydrogen-bond donors (Lipinski definition) is 2. The van der Waals surface area contributed by atoms with Crippen molar-refractivity contribution in [2.75, 3.05) is 0 Å². The summed E-state index contributed by atoms with van der Waals surface area (Å²) in [5.41, 5.74) is -0.228. The third-order valence-corrected chi connectivity index (χ3v) is 11.9. The predicted octanol–water partition coefficient (Wildman–Crippen LogP) is 5.37. The fraction of sp³-hybridized carbons (Fsp3) is 0.778. The van der Waals surface area contributed by atoms with E-state index in [4.69, 9.17) is 0 Å². The van der Waals surface area contributed by atoms with Crippen LogP contribution in [0.2, 0.25) is 0 Å². The molecule has 0 amide bonds. The molecule has 4 aliphatic carbocycles. The number of rotatable bonds is 4. The van der Waals surface area contributed by atoms with Gasteiger partial charge in [0.15, 0.2) is 0 Å². The van der Waals surface area contributed by atoms with Crippen LogP contribution in [0, 0.1) is 40.9 Å². The van der Waals surface area contributed by atoms with Gasteiger partial charge in [-0.15, -0.1) is 0 Å². The van der Waals surface area contributed by atoms with E-state index in [1.54, 1.807) is 24.3 Å². The Kier molecular flexibility index (Phi) is 5.78. The van der Waals surface area contributed by atoms with Crippen molar-refractivity contribution < 1.29 is 13.5 Å². The van der Waals surface area contributed by atoms with Gasteiger partial charge >= 0.3 is 0 Å². The van der Waals surface area contributed by atoms with Crippen LogP contribution in [0.5, 0.6) is 0 Å². The van der Waals surface area contributed by atoms with Crippen molar-refractivity contribution in [3.8, 4) is 0 Å². The van der Waals surface area contributed by atoms with Crippen molar-refractivity contribution >= 4 is 10.0 Å². The van der Waals surface area contributed by atoms with Crippen molar-refractivity contribution in [2.45, 2.75) is 95.1 Å². The van der Waals surface area contributed by atoms with E-state index in [0.717, 1.165) is 42.9 Å². The van der Waals surface area contributed by atoms with E-state index in [1.165, 1.54) is 38.5 Å². The van der Waals surface area contributed by atoms with Crippen molar-refractivity contribution in [2.24, 2.45) is 40.9 Å². The second-order valence-electron chi connectivity index (χ2n) is 12.1. The number of hydrogen-bond acceptors (Lipinski definition) is 3. The minimum Gasteiger partial charge on any atom is -0.390 e. The standard InChI is InChI=1S/C27H41NO3S/c1-18(28-32(30,31)20-7-5-4-6-8-20)24-11-12-25-23-10-9-19-17-26(2,29)15-13-21(19)22(23)14-16-27(24,25)3/h4-8,18-19,21-25,28-29H,9-17H2,1-3H3/t18-,19-,21+,22-,23-,24-,25+,26-,27-/m1/s1. The highest BCUT2D eigenvalue weighted by Gasteiger charge is 2.58. The van der Waals surface area contributed by atoms with Crippen molar-refractivity contribution in [1.82, 2.24) is 4.72 Å². The fourth-order valence-corrected chi connectivity index (χ4v) is 10.2. The first kappa shape index (κ1) is 22.9. The van der Waals surface area contributed by atoms with E-state index in [1.807, 2.05) is 13.0 Å². The van der Waals surface area contributed by atoms with E-state index in [-0.39, 0.29) is 11.5 Å². The number of nitrogens with one attached hydrogen (secondary N) is 1. The molecule has 0 saturated heterocycles. The van der Waals surface area contributed by atoms with Gasteiger partial charge in [-0.3, -0.25) is 0 Å². The minimum absolute atomic E-state index is 0.0483. The predicted molar refractivity (Wildman–Crippen MR) is 127 cm³/mol. The summed E-state index contributed by atoms with van der Waals surface area (Å²) in [7, 11) is -3.49. The monoisotopic (exact) mass is 459 g/mol. The molecule has 2 N–H and O–H groups in total. The molecule has 0 aromatic heterocycles. The van der Waals surface area contributed by atoms with Gasteiger partial charge in [0.25, 0.3) is 0 Å². The van der Waals surface area contributed by atoms with Crippen LogP contribution in [-0.4, -0.2) is 25.2 Å². The Morgan fingerprint density at radius 2 is 1.66 bits per heavy atom.